The molecule has 7 heteroatoms. The third-order valence-electron chi connectivity index (χ3n) is 2.89. The van der Waals surface area contributed by atoms with Gasteiger partial charge in [-0.15, -0.1) is 0 Å². The van der Waals surface area contributed by atoms with Crippen LogP contribution in [-0.2, 0) is 14.4 Å². The van der Waals surface area contributed by atoms with Gasteiger partial charge >= 0.3 is 11.9 Å². The predicted molar refractivity (Wildman–Crippen MR) is 62.1 cm³/mol. The predicted octanol–water partition coefficient (Wildman–Crippen LogP) is -0.437. The van der Waals surface area contributed by atoms with Crippen molar-refractivity contribution in [3.63, 3.8) is 0 Å². The molecule has 0 spiro atoms. The zero-order valence-electron chi connectivity index (χ0n) is 10.0. The molecule has 0 aliphatic carbocycles. The number of aliphatic carboxylic acids is 2. The van der Waals surface area contributed by atoms with Gasteiger partial charge in [0.1, 0.15) is 6.04 Å². The molecule has 0 aromatic heterocycles. The van der Waals surface area contributed by atoms with E-state index >= 15 is 0 Å². The van der Waals surface area contributed by atoms with Crippen molar-refractivity contribution in [3.8, 4) is 0 Å². The van der Waals surface area contributed by atoms with Crippen LogP contribution in [0.15, 0.2) is 0 Å². The Morgan fingerprint density at radius 1 is 1.28 bits per heavy atom. The Morgan fingerprint density at radius 2 is 2.00 bits per heavy atom. The average molecular weight is 258 g/mol. The highest BCUT2D eigenvalue weighted by Gasteiger charge is 2.26. The van der Waals surface area contributed by atoms with Crippen LogP contribution in [0.1, 0.15) is 32.1 Å². The van der Waals surface area contributed by atoms with Gasteiger partial charge in [0.05, 0.1) is 6.04 Å². The van der Waals surface area contributed by atoms with E-state index in [4.69, 9.17) is 10.2 Å². The number of hydrogen-bond acceptors (Lipinski definition) is 4. The Kier molecular flexibility index (Phi) is 5.57. The molecule has 1 fully saturated rings. The second-order valence-corrected chi connectivity index (χ2v) is 4.33. The number of carbonyl (C=O) groups excluding carboxylic acids is 1. The minimum absolute atomic E-state index is 0.108. The second-order valence-electron chi connectivity index (χ2n) is 4.33. The summed E-state index contributed by atoms with van der Waals surface area (Å²) in [6, 6.07) is -1.51. The zero-order chi connectivity index (χ0) is 13.5. The van der Waals surface area contributed by atoms with Gasteiger partial charge in [-0.3, -0.25) is 9.59 Å². The van der Waals surface area contributed by atoms with Crippen LogP contribution < -0.4 is 10.6 Å². The van der Waals surface area contributed by atoms with Gasteiger partial charge in [0.25, 0.3) is 0 Å². The Labute approximate surface area is 105 Å². The van der Waals surface area contributed by atoms with Crippen LogP contribution >= 0.6 is 0 Å². The van der Waals surface area contributed by atoms with E-state index in [9.17, 15) is 14.4 Å². The fourth-order valence-electron chi connectivity index (χ4n) is 1.87. The Morgan fingerprint density at radius 3 is 2.50 bits per heavy atom. The molecule has 0 aromatic rings. The summed E-state index contributed by atoms with van der Waals surface area (Å²) >= 11 is 0. The molecule has 1 amide bonds. The number of carbonyl (C=O) groups is 3. The Hall–Kier alpha value is -1.63. The summed E-state index contributed by atoms with van der Waals surface area (Å²) in [4.78, 5) is 33.1. The minimum Gasteiger partial charge on any atom is -0.481 e. The molecule has 7 nitrogen and oxygen atoms in total. The molecular formula is C11H18N2O5. The molecule has 18 heavy (non-hydrogen) atoms. The van der Waals surface area contributed by atoms with Gasteiger partial charge < -0.3 is 20.8 Å². The van der Waals surface area contributed by atoms with E-state index in [1.807, 2.05) is 0 Å². The first-order valence-electron chi connectivity index (χ1n) is 5.99. The van der Waals surface area contributed by atoms with Gasteiger partial charge in [-0.1, -0.05) is 6.42 Å². The molecule has 0 aromatic carbocycles. The first-order chi connectivity index (χ1) is 8.50. The molecule has 0 saturated carbocycles. The molecule has 2 unspecified atom stereocenters. The minimum atomic E-state index is -1.21. The Bertz CT molecular complexity index is 325. The molecule has 1 heterocycles. The summed E-state index contributed by atoms with van der Waals surface area (Å²) in [5.74, 6) is -2.65. The number of piperidine rings is 1. The largest absolute Gasteiger partial charge is 0.481 e. The zero-order valence-corrected chi connectivity index (χ0v) is 10.0. The van der Waals surface area contributed by atoms with E-state index < -0.39 is 18.0 Å². The smallest absolute Gasteiger partial charge is 0.326 e. The van der Waals surface area contributed by atoms with Gasteiger partial charge in [-0.2, -0.15) is 0 Å². The molecule has 2 atom stereocenters. The van der Waals surface area contributed by atoms with Crippen molar-refractivity contribution in [3.05, 3.63) is 0 Å². The van der Waals surface area contributed by atoms with E-state index in [0.29, 0.717) is 6.42 Å². The second kappa shape index (κ2) is 6.95. The number of rotatable bonds is 6. The van der Waals surface area contributed by atoms with Crippen molar-refractivity contribution in [1.82, 2.24) is 10.6 Å². The summed E-state index contributed by atoms with van der Waals surface area (Å²) in [6.45, 7) is 0.741. The molecule has 1 saturated heterocycles. The van der Waals surface area contributed by atoms with Crippen molar-refractivity contribution < 1.29 is 24.6 Å². The molecule has 0 radical (unpaired) electrons. The Balaban J connectivity index is 2.46. The van der Waals surface area contributed by atoms with Crippen molar-refractivity contribution in [2.45, 2.75) is 44.2 Å². The lowest BCUT2D eigenvalue weighted by Crippen LogP contribution is -2.51. The summed E-state index contributed by atoms with van der Waals surface area (Å²) in [5.41, 5.74) is 0. The van der Waals surface area contributed by atoms with Crippen LogP contribution in [0.3, 0.4) is 0 Å². The van der Waals surface area contributed by atoms with Crippen LogP contribution in [0.25, 0.3) is 0 Å². The maximum absolute atomic E-state index is 11.8. The summed E-state index contributed by atoms with van der Waals surface area (Å²) in [7, 11) is 0. The number of hydrogen-bond donors (Lipinski definition) is 4. The van der Waals surface area contributed by atoms with Crippen LogP contribution in [0.5, 0.6) is 0 Å². The van der Waals surface area contributed by atoms with E-state index in [0.717, 1.165) is 19.4 Å². The van der Waals surface area contributed by atoms with Gasteiger partial charge in [-0.25, -0.2) is 4.79 Å². The topological polar surface area (TPSA) is 116 Å². The molecule has 102 valence electrons. The van der Waals surface area contributed by atoms with E-state index in [2.05, 4.69) is 10.6 Å². The third-order valence-corrected chi connectivity index (χ3v) is 2.89. The molecular weight excluding hydrogens is 240 g/mol. The first-order valence-corrected chi connectivity index (χ1v) is 5.99. The molecule has 4 N–H and O–H groups in total. The fourth-order valence-corrected chi connectivity index (χ4v) is 1.87. The third kappa shape index (κ3) is 4.70. The lowest BCUT2D eigenvalue weighted by Gasteiger charge is -2.24. The molecule has 1 aliphatic heterocycles. The molecule has 0 bridgehead atoms. The standard InChI is InChI=1S/C11H18N2O5/c14-9(15)5-4-8(11(17)18)13-10(16)7-3-1-2-6-12-7/h7-8,12H,1-6H2,(H,13,16)(H,14,15)(H,17,18). The lowest BCUT2D eigenvalue weighted by molar-refractivity contribution is -0.143. The van der Waals surface area contributed by atoms with Crippen molar-refractivity contribution in [1.29, 1.82) is 0 Å². The van der Waals surface area contributed by atoms with Crippen LogP contribution in [0.4, 0.5) is 0 Å². The number of carboxylic acids is 2. The fraction of sp³-hybridized carbons (Fsp3) is 0.727. The number of amides is 1. The highest BCUT2D eigenvalue weighted by atomic mass is 16.4. The van der Waals surface area contributed by atoms with Gasteiger partial charge in [0.15, 0.2) is 0 Å². The van der Waals surface area contributed by atoms with E-state index in [1.165, 1.54) is 0 Å². The normalized spacial score (nSPS) is 21.0. The van der Waals surface area contributed by atoms with Gasteiger partial charge in [-0.05, 0) is 25.8 Å². The van der Waals surface area contributed by atoms with Crippen molar-refractivity contribution >= 4 is 17.8 Å². The van der Waals surface area contributed by atoms with Crippen LogP contribution in [-0.4, -0.2) is 46.7 Å². The number of carboxylic acid groups (broad SMARTS) is 2. The summed E-state index contributed by atoms with van der Waals surface area (Å²) < 4.78 is 0. The maximum Gasteiger partial charge on any atom is 0.326 e. The van der Waals surface area contributed by atoms with Crippen molar-refractivity contribution in [2.24, 2.45) is 0 Å². The first kappa shape index (κ1) is 14.4. The summed E-state index contributed by atoms with van der Waals surface area (Å²) in [6.07, 6.45) is 2.22. The summed E-state index contributed by atoms with van der Waals surface area (Å²) in [5, 5.41) is 22.8. The average Bonchev–Trinajstić information content (AvgIpc) is 2.34. The van der Waals surface area contributed by atoms with Crippen LogP contribution in [0.2, 0.25) is 0 Å². The molecule has 1 aliphatic rings. The number of nitrogens with one attached hydrogen (secondary N) is 2. The highest BCUT2D eigenvalue weighted by molar-refractivity contribution is 5.87. The molecule has 1 rings (SSSR count). The van der Waals surface area contributed by atoms with E-state index in [1.54, 1.807) is 0 Å². The maximum atomic E-state index is 11.8. The highest BCUT2D eigenvalue weighted by Crippen LogP contribution is 2.08. The lowest BCUT2D eigenvalue weighted by atomic mass is 10.0. The quantitative estimate of drug-likeness (QED) is 0.513. The van der Waals surface area contributed by atoms with Crippen LogP contribution in [0, 0.1) is 0 Å². The van der Waals surface area contributed by atoms with Gasteiger partial charge in [0, 0.05) is 6.42 Å². The monoisotopic (exact) mass is 258 g/mol. The van der Waals surface area contributed by atoms with Gasteiger partial charge in [0.2, 0.25) is 5.91 Å². The van der Waals surface area contributed by atoms with Crippen molar-refractivity contribution in [2.75, 3.05) is 6.54 Å². The van der Waals surface area contributed by atoms with E-state index in [-0.39, 0.29) is 24.8 Å². The SMILES string of the molecule is O=C(O)CCC(NC(=O)C1CCCCN1)C(=O)O.